The van der Waals surface area contributed by atoms with Gasteiger partial charge in [0.05, 0.1) is 39.6 Å². The van der Waals surface area contributed by atoms with Crippen LogP contribution in [0.3, 0.4) is 0 Å². The first-order valence-corrected chi connectivity index (χ1v) is 20.4. The minimum atomic E-state index is -0.250. The Morgan fingerprint density at radius 2 is 1.70 bits per heavy atom. The van der Waals surface area contributed by atoms with Crippen molar-refractivity contribution in [1.29, 1.82) is 0 Å². The standard InChI is InChI=1S/C43H45ClN6O4/c44-33-5-4-6-35-36(33)39(52)46-41-43(13-2-1-3-14-43)32-21-28(7-10-34(32)50(35)41)47-17-11-27(12-18-47)49-23-26(24-49)40(53)48-19-15-42(16-20-48)25-54-37-30-22-45-38(51)29(30)8-9-31(37)42/h4-10,21,26-27H,1-3,11-20,22-25H2,(H,45,51). The van der Waals surface area contributed by atoms with Crippen LogP contribution in [0.25, 0.3) is 16.6 Å². The molecule has 0 radical (unpaired) electrons. The molecule has 2 amide bonds. The molecule has 11 heteroatoms. The molecule has 4 fully saturated rings. The van der Waals surface area contributed by atoms with Gasteiger partial charge in [-0.1, -0.05) is 43.0 Å². The first-order valence-electron chi connectivity index (χ1n) is 20.1. The van der Waals surface area contributed by atoms with Crippen LogP contribution < -0.4 is 20.5 Å². The van der Waals surface area contributed by atoms with Gasteiger partial charge < -0.3 is 19.9 Å². The molecule has 1 saturated carbocycles. The molecule has 2 spiro atoms. The Morgan fingerprint density at radius 1 is 0.907 bits per heavy atom. The molecule has 3 saturated heterocycles. The number of amides is 2. The van der Waals surface area contributed by atoms with Crippen molar-refractivity contribution in [3.8, 4) is 11.4 Å². The number of hydrogen-bond donors (Lipinski definition) is 1. The number of ether oxygens (including phenoxy) is 1. The van der Waals surface area contributed by atoms with Gasteiger partial charge >= 0.3 is 0 Å². The summed E-state index contributed by atoms with van der Waals surface area (Å²) in [6.45, 7) is 6.37. The highest BCUT2D eigenvalue weighted by Gasteiger charge is 2.49. The van der Waals surface area contributed by atoms with E-state index in [9.17, 15) is 14.4 Å². The fraction of sp³-hybridized carbons (Fsp3) is 0.488. The molecule has 10 nitrogen and oxygen atoms in total. The number of carbonyl (C=O) groups excluding carboxylic acids is 2. The summed E-state index contributed by atoms with van der Waals surface area (Å²) in [6.07, 6.45) is 9.44. The maximum atomic E-state index is 13.7. The predicted molar refractivity (Wildman–Crippen MR) is 207 cm³/mol. The van der Waals surface area contributed by atoms with E-state index in [1.165, 1.54) is 23.2 Å². The summed E-state index contributed by atoms with van der Waals surface area (Å²) < 4.78 is 8.45. The Bertz CT molecular complexity index is 2310. The number of fused-ring (bicyclic) bond motifs is 11. The van der Waals surface area contributed by atoms with Gasteiger partial charge in [-0.3, -0.25) is 23.9 Å². The van der Waals surface area contributed by atoms with Crippen LogP contribution in [-0.2, 0) is 22.2 Å². The van der Waals surface area contributed by atoms with Crippen molar-refractivity contribution in [3.63, 3.8) is 0 Å². The maximum Gasteiger partial charge on any atom is 0.282 e. The Balaban J connectivity index is 0.741. The highest BCUT2D eigenvalue weighted by molar-refractivity contribution is 6.35. The normalized spacial score (nSPS) is 22.9. The third-order valence-electron chi connectivity index (χ3n) is 14.4. The van der Waals surface area contributed by atoms with Gasteiger partial charge in [0, 0.05) is 79.6 Å². The highest BCUT2D eigenvalue weighted by Crippen LogP contribution is 2.53. The molecule has 1 aliphatic carbocycles. The van der Waals surface area contributed by atoms with E-state index < -0.39 is 0 Å². The molecular weight excluding hydrogens is 700 g/mol. The van der Waals surface area contributed by atoms with Crippen LogP contribution in [0.4, 0.5) is 5.69 Å². The van der Waals surface area contributed by atoms with Gasteiger partial charge in [0.1, 0.15) is 11.6 Å². The van der Waals surface area contributed by atoms with E-state index in [0.29, 0.717) is 35.5 Å². The quantitative estimate of drug-likeness (QED) is 0.288. The van der Waals surface area contributed by atoms with Gasteiger partial charge in [-0.05, 0) is 80.5 Å². The molecule has 6 aliphatic heterocycles. The van der Waals surface area contributed by atoms with E-state index in [-0.39, 0.29) is 28.2 Å². The zero-order valence-corrected chi connectivity index (χ0v) is 31.3. The van der Waals surface area contributed by atoms with E-state index in [1.54, 1.807) is 6.07 Å². The van der Waals surface area contributed by atoms with Crippen molar-refractivity contribution in [2.75, 3.05) is 50.8 Å². The van der Waals surface area contributed by atoms with E-state index in [0.717, 1.165) is 125 Å². The molecule has 54 heavy (non-hydrogen) atoms. The molecule has 7 heterocycles. The minimum absolute atomic E-state index is 0.0183. The highest BCUT2D eigenvalue weighted by atomic mass is 35.5. The first kappa shape index (κ1) is 33.0. The zero-order chi connectivity index (χ0) is 36.3. The number of rotatable bonds is 3. The molecule has 3 aromatic carbocycles. The summed E-state index contributed by atoms with van der Waals surface area (Å²) in [5.74, 6) is 2.16. The largest absolute Gasteiger partial charge is 0.492 e. The second-order valence-electron chi connectivity index (χ2n) is 17.0. The second kappa shape index (κ2) is 12.0. The van der Waals surface area contributed by atoms with Gasteiger partial charge in [0.15, 0.2) is 0 Å². The summed E-state index contributed by atoms with van der Waals surface area (Å²) >= 11 is 6.56. The number of hydrogen-bond acceptors (Lipinski definition) is 7. The van der Waals surface area contributed by atoms with Gasteiger partial charge in [-0.25, -0.2) is 0 Å². The smallest absolute Gasteiger partial charge is 0.282 e. The number of nitrogens with one attached hydrogen (secondary N) is 1. The van der Waals surface area contributed by atoms with Crippen LogP contribution in [0, 0.1) is 5.92 Å². The molecular formula is C43H45ClN6O4. The van der Waals surface area contributed by atoms with Gasteiger partial charge in [0.2, 0.25) is 5.91 Å². The molecule has 278 valence electrons. The van der Waals surface area contributed by atoms with Crippen molar-refractivity contribution < 1.29 is 14.3 Å². The summed E-state index contributed by atoms with van der Waals surface area (Å²) in [7, 11) is 0. The molecule has 1 N–H and O–H groups in total. The maximum absolute atomic E-state index is 13.7. The number of aromatic nitrogens is 2. The summed E-state index contributed by atoms with van der Waals surface area (Å²) in [5.41, 5.74) is 6.94. The third-order valence-corrected chi connectivity index (χ3v) is 14.7. The molecule has 7 aliphatic rings. The Morgan fingerprint density at radius 3 is 2.50 bits per heavy atom. The van der Waals surface area contributed by atoms with Crippen LogP contribution in [0.15, 0.2) is 53.3 Å². The number of carbonyl (C=O) groups is 2. The Labute approximate surface area is 319 Å². The van der Waals surface area contributed by atoms with E-state index in [1.807, 2.05) is 18.2 Å². The van der Waals surface area contributed by atoms with Crippen LogP contribution in [0.5, 0.6) is 5.75 Å². The first-order chi connectivity index (χ1) is 26.3. The van der Waals surface area contributed by atoms with E-state index >= 15 is 0 Å². The molecule has 4 aromatic rings. The fourth-order valence-electron chi connectivity index (χ4n) is 11.3. The monoisotopic (exact) mass is 744 g/mol. The van der Waals surface area contributed by atoms with Gasteiger partial charge in [-0.2, -0.15) is 4.98 Å². The van der Waals surface area contributed by atoms with Crippen LogP contribution in [0.1, 0.15) is 90.7 Å². The molecule has 1 aromatic heterocycles. The summed E-state index contributed by atoms with van der Waals surface area (Å²) in [5, 5.41) is 3.88. The Kier molecular flexibility index (Phi) is 7.35. The van der Waals surface area contributed by atoms with Crippen LogP contribution >= 0.6 is 11.6 Å². The molecule has 11 rings (SSSR count). The van der Waals surface area contributed by atoms with Crippen molar-refractivity contribution >= 4 is 40.0 Å². The molecule has 0 atom stereocenters. The number of anilines is 1. The zero-order valence-electron chi connectivity index (χ0n) is 30.5. The third kappa shape index (κ3) is 4.68. The lowest BCUT2D eigenvalue weighted by Gasteiger charge is -2.48. The fourth-order valence-corrected chi connectivity index (χ4v) is 11.5. The average Bonchev–Trinajstić information content (AvgIpc) is 3.82. The van der Waals surface area contributed by atoms with E-state index in [2.05, 4.69) is 48.8 Å². The van der Waals surface area contributed by atoms with Crippen molar-refractivity contribution in [1.82, 2.24) is 24.7 Å². The topological polar surface area (TPSA) is 100 Å². The number of likely N-dealkylation sites (tertiary alicyclic amines) is 2. The lowest BCUT2D eigenvalue weighted by Crippen LogP contribution is -2.60. The summed E-state index contributed by atoms with van der Waals surface area (Å²) in [4.78, 5) is 51.2. The van der Waals surface area contributed by atoms with Crippen molar-refractivity contribution in [2.24, 2.45) is 5.92 Å². The van der Waals surface area contributed by atoms with Gasteiger partial charge in [-0.15, -0.1) is 0 Å². The number of nitrogens with zero attached hydrogens (tertiary/aromatic N) is 5. The van der Waals surface area contributed by atoms with Gasteiger partial charge in [0.25, 0.3) is 11.5 Å². The van der Waals surface area contributed by atoms with Crippen LogP contribution in [-0.4, -0.2) is 83.1 Å². The minimum Gasteiger partial charge on any atom is -0.492 e. The predicted octanol–water partition coefficient (Wildman–Crippen LogP) is 5.70. The molecule has 0 bridgehead atoms. The van der Waals surface area contributed by atoms with Crippen molar-refractivity contribution in [3.05, 3.63) is 92.0 Å². The lowest BCUT2D eigenvalue weighted by atomic mass is 9.69. The number of halogens is 1. The second-order valence-corrected chi connectivity index (χ2v) is 17.4. The SMILES string of the molecule is O=C1NCc2c1ccc1c2OCC12CCN(C(=O)C1CN(C3CCN(c4ccc5c(c4)C4(CCCCC4)c4nc(=O)c6c(Cl)cccc6n4-5)CC3)C1)CC2. The van der Waals surface area contributed by atoms with Crippen molar-refractivity contribution in [2.45, 2.75) is 81.2 Å². The summed E-state index contributed by atoms with van der Waals surface area (Å²) in [6, 6.07) is 17.2. The molecule has 0 unspecified atom stereocenters. The van der Waals surface area contributed by atoms with E-state index in [4.69, 9.17) is 21.3 Å². The number of benzene rings is 3. The van der Waals surface area contributed by atoms with Crippen LogP contribution in [0.2, 0.25) is 5.02 Å². The Hall–Kier alpha value is -4.41. The average molecular weight is 745 g/mol. The lowest BCUT2D eigenvalue weighted by molar-refractivity contribution is -0.144. The number of piperidine rings is 2.